The minimum Gasteiger partial charge on any atom is -0.354 e. The second kappa shape index (κ2) is 7.44. The number of halogens is 1. The van der Waals surface area contributed by atoms with Gasteiger partial charge in [-0.3, -0.25) is 9.78 Å². The Morgan fingerprint density at radius 1 is 1.04 bits per heavy atom. The van der Waals surface area contributed by atoms with E-state index in [9.17, 15) is 4.79 Å². The van der Waals surface area contributed by atoms with E-state index in [0.717, 1.165) is 59.3 Å². The van der Waals surface area contributed by atoms with Crippen molar-refractivity contribution in [2.24, 2.45) is 0 Å². The molecule has 1 aliphatic rings. The number of carbonyl (C=O) groups is 1. The molecule has 0 bridgehead atoms. The van der Waals surface area contributed by atoms with Crippen LogP contribution in [-0.4, -0.2) is 28.9 Å². The van der Waals surface area contributed by atoms with Gasteiger partial charge in [-0.1, -0.05) is 29.3 Å². The topological polar surface area (TPSA) is 45.2 Å². The second-order valence-corrected chi connectivity index (χ2v) is 8.04. The van der Waals surface area contributed by atoms with Crippen molar-refractivity contribution in [1.29, 1.82) is 0 Å². The molecule has 0 atom stereocenters. The highest BCUT2D eigenvalue weighted by atomic mass is 35.5. The number of benzene rings is 2. The fourth-order valence-electron chi connectivity index (χ4n) is 4.05. The molecule has 0 aliphatic carbocycles. The van der Waals surface area contributed by atoms with Gasteiger partial charge in [-0.2, -0.15) is 0 Å². The van der Waals surface area contributed by atoms with Gasteiger partial charge < -0.3 is 10.2 Å². The van der Waals surface area contributed by atoms with Crippen molar-refractivity contribution in [3.05, 3.63) is 63.8 Å². The van der Waals surface area contributed by atoms with E-state index >= 15 is 0 Å². The molecule has 3 aromatic rings. The summed E-state index contributed by atoms with van der Waals surface area (Å²) in [5, 5.41) is 5.05. The van der Waals surface area contributed by atoms with Crippen molar-refractivity contribution in [1.82, 2.24) is 9.88 Å². The quantitative estimate of drug-likeness (QED) is 0.612. The SMILES string of the molecule is Cc1cc(C)c(Nc2c(C(=O)N3CCCC3)cnc3ccc(Cl)cc23)c(C)c1. The number of hydrogen-bond acceptors (Lipinski definition) is 3. The summed E-state index contributed by atoms with van der Waals surface area (Å²) in [6.45, 7) is 7.86. The van der Waals surface area contributed by atoms with Crippen molar-refractivity contribution in [3.8, 4) is 0 Å². The highest BCUT2D eigenvalue weighted by Gasteiger charge is 2.24. The lowest BCUT2D eigenvalue weighted by Gasteiger charge is -2.21. The van der Waals surface area contributed by atoms with Crippen LogP contribution < -0.4 is 5.32 Å². The Hall–Kier alpha value is -2.59. The average molecular weight is 394 g/mol. The molecule has 1 saturated heterocycles. The van der Waals surface area contributed by atoms with Gasteiger partial charge in [0, 0.05) is 35.4 Å². The first kappa shape index (κ1) is 18.8. The van der Waals surface area contributed by atoms with E-state index in [1.54, 1.807) is 6.20 Å². The largest absolute Gasteiger partial charge is 0.354 e. The van der Waals surface area contributed by atoms with Gasteiger partial charge >= 0.3 is 0 Å². The van der Waals surface area contributed by atoms with E-state index in [4.69, 9.17) is 11.6 Å². The average Bonchev–Trinajstić information content (AvgIpc) is 3.18. The third-order valence-electron chi connectivity index (χ3n) is 5.38. The molecule has 28 heavy (non-hydrogen) atoms. The number of anilines is 2. The summed E-state index contributed by atoms with van der Waals surface area (Å²) in [5.41, 5.74) is 6.71. The van der Waals surface area contributed by atoms with Crippen LogP contribution in [0.3, 0.4) is 0 Å². The van der Waals surface area contributed by atoms with E-state index in [0.29, 0.717) is 10.6 Å². The van der Waals surface area contributed by atoms with Gasteiger partial charge in [0.15, 0.2) is 0 Å². The van der Waals surface area contributed by atoms with Crippen LogP contribution in [-0.2, 0) is 0 Å². The summed E-state index contributed by atoms with van der Waals surface area (Å²) in [7, 11) is 0. The minimum atomic E-state index is 0.0248. The lowest BCUT2D eigenvalue weighted by molar-refractivity contribution is 0.0793. The van der Waals surface area contributed by atoms with Gasteiger partial charge in [-0.15, -0.1) is 0 Å². The Kier molecular flexibility index (Phi) is 4.98. The Balaban J connectivity index is 1.90. The van der Waals surface area contributed by atoms with Crippen LogP contribution >= 0.6 is 11.6 Å². The van der Waals surface area contributed by atoms with Gasteiger partial charge in [0.1, 0.15) is 0 Å². The number of aromatic nitrogens is 1. The fraction of sp³-hybridized carbons (Fsp3) is 0.304. The molecule has 5 heteroatoms. The molecule has 144 valence electrons. The second-order valence-electron chi connectivity index (χ2n) is 7.61. The van der Waals surface area contributed by atoms with Gasteiger partial charge in [0.25, 0.3) is 5.91 Å². The molecule has 0 spiro atoms. The Morgan fingerprint density at radius 2 is 1.71 bits per heavy atom. The van der Waals surface area contributed by atoms with Crippen molar-refractivity contribution >= 4 is 39.8 Å². The minimum absolute atomic E-state index is 0.0248. The summed E-state index contributed by atoms with van der Waals surface area (Å²) in [6.07, 6.45) is 3.80. The van der Waals surface area contributed by atoms with Crippen LogP contribution in [0.15, 0.2) is 36.5 Å². The zero-order valence-electron chi connectivity index (χ0n) is 16.5. The highest BCUT2D eigenvalue weighted by molar-refractivity contribution is 6.31. The molecule has 4 rings (SSSR count). The maximum atomic E-state index is 13.2. The molecule has 0 saturated carbocycles. The summed E-state index contributed by atoms with van der Waals surface area (Å²) < 4.78 is 0. The smallest absolute Gasteiger partial charge is 0.257 e. The molecule has 2 heterocycles. The van der Waals surface area contributed by atoms with E-state index in [2.05, 4.69) is 43.2 Å². The number of aryl methyl sites for hydroxylation is 3. The van der Waals surface area contributed by atoms with E-state index in [1.807, 2.05) is 23.1 Å². The number of likely N-dealkylation sites (tertiary alicyclic amines) is 1. The van der Waals surface area contributed by atoms with E-state index < -0.39 is 0 Å². The number of amides is 1. The van der Waals surface area contributed by atoms with Crippen molar-refractivity contribution in [3.63, 3.8) is 0 Å². The number of nitrogens with one attached hydrogen (secondary N) is 1. The zero-order valence-corrected chi connectivity index (χ0v) is 17.2. The molecule has 1 aliphatic heterocycles. The predicted octanol–water partition coefficient (Wildman–Crippen LogP) is 5.79. The highest BCUT2D eigenvalue weighted by Crippen LogP contribution is 2.34. The Bertz CT molecular complexity index is 1050. The molecule has 1 amide bonds. The van der Waals surface area contributed by atoms with Gasteiger partial charge in [0.2, 0.25) is 0 Å². The van der Waals surface area contributed by atoms with Crippen LogP contribution in [0.25, 0.3) is 10.9 Å². The zero-order chi connectivity index (χ0) is 19.8. The summed E-state index contributed by atoms with van der Waals surface area (Å²) in [6, 6.07) is 9.89. The first-order valence-electron chi connectivity index (χ1n) is 9.66. The third-order valence-corrected chi connectivity index (χ3v) is 5.62. The standard InChI is InChI=1S/C23H24ClN3O/c1-14-10-15(2)21(16(3)11-14)26-22-18-12-17(24)6-7-20(18)25-13-19(22)23(28)27-8-4-5-9-27/h6-7,10-13H,4-5,8-9H2,1-3H3,(H,25,26). The maximum absolute atomic E-state index is 13.2. The van der Waals surface area contributed by atoms with E-state index in [1.165, 1.54) is 5.56 Å². The van der Waals surface area contributed by atoms with Crippen molar-refractivity contribution in [2.75, 3.05) is 18.4 Å². The van der Waals surface area contributed by atoms with Crippen LogP contribution in [0.2, 0.25) is 5.02 Å². The molecule has 0 radical (unpaired) electrons. The number of carbonyl (C=O) groups excluding carboxylic acids is 1. The molecule has 4 nitrogen and oxygen atoms in total. The van der Waals surface area contributed by atoms with Gasteiger partial charge in [0.05, 0.1) is 16.8 Å². The Morgan fingerprint density at radius 3 is 2.39 bits per heavy atom. The number of nitrogens with zero attached hydrogens (tertiary/aromatic N) is 2. The summed E-state index contributed by atoms with van der Waals surface area (Å²) in [5.74, 6) is 0.0248. The third kappa shape index (κ3) is 3.45. The molecule has 2 aromatic carbocycles. The summed E-state index contributed by atoms with van der Waals surface area (Å²) >= 11 is 6.29. The van der Waals surface area contributed by atoms with Gasteiger partial charge in [-0.05, 0) is 62.9 Å². The molecule has 0 unspecified atom stereocenters. The number of hydrogen-bond donors (Lipinski definition) is 1. The summed E-state index contributed by atoms with van der Waals surface area (Å²) in [4.78, 5) is 19.7. The number of rotatable bonds is 3. The first-order chi connectivity index (χ1) is 13.4. The lowest BCUT2D eigenvalue weighted by atomic mass is 10.0. The van der Waals surface area contributed by atoms with Crippen molar-refractivity contribution < 1.29 is 4.79 Å². The number of fused-ring (bicyclic) bond motifs is 1. The Labute approximate surface area is 170 Å². The normalized spacial score (nSPS) is 13.9. The van der Waals surface area contributed by atoms with Crippen LogP contribution in [0.1, 0.15) is 39.9 Å². The van der Waals surface area contributed by atoms with E-state index in [-0.39, 0.29) is 5.91 Å². The monoisotopic (exact) mass is 393 g/mol. The van der Waals surface area contributed by atoms with Gasteiger partial charge in [-0.25, -0.2) is 0 Å². The van der Waals surface area contributed by atoms with Crippen LogP contribution in [0, 0.1) is 20.8 Å². The molecular weight excluding hydrogens is 370 g/mol. The molecule has 1 aromatic heterocycles. The molecule has 1 N–H and O–H groups in total. The van der Waals surface area contributed by atoms with Crippen LogP contribution in [0.4, 0.5) is 11.4 Å². The molecular formula is C23H24ClN3O. The number of pyridine rings is 1. The maximum Gasteiger partial charge on any atom is 0.257 e. The van der Waals surface area contributed by atoms with Crippen molar-refractivity contribution in [2.45, 2.75) is 33.6 Å². The predicted molar refractivity (Wildman–Crippen MR) is 116 cm³/mol. The van der Waals surface area contributed by atoms with Crippen LogP contribution in [0.5, 0.6) is 0 Å². The first-order valence-corrected chi connectivity index (χ1v) is 10.0. The lowest BCUT2D eigenvalue weighted by Crippen LogP contribution is -2.28. The fourth-order valence-corrected chi connectivity index (χ4v) is 4.23. The molecule has 1 fully saturated rings.